The number of nitrogen functional groups attached to an aromatic ring is 1. The van der Waals surface area contributed by atoms with Crippen LogP contribution in [0.2, 0.25) is 0 Å². The Morgan fingerprint density at radius 2 is 1.89 bits per heavy atom. The molecule has 1 aliphatic rings. The van der Waals surface area contributed by atoms with Gasteiger partial charge in [-0.25, -0.2) is 0 Å². The number of fused-ring (bicyclic) bond motifs is 1. The minimum atomic E-state index is -0.0316. The highest BCUT2D eigenvalue weighted by Gasteiger charge is 2.17. The maximum absolute atomic E-state index is 12.5. The van der Waals surface area contributed by atoms with E-state index in [2.05, 4.69) is 0 Å². The summed E-state index contributed by atoms with van der Waals surface area (Å²) in [7, 11) is 0. The molecule has 0 bridgehead atoms. The van der Waals surface area contributed by atoms with Crippen LogP contribution in [0.15, 0.2) is 36.4 Å². The smallest absolute Gasteiger partial charge is 0.195 e. The topological polar surface area (TPSA) is 52.3 Å². The Morgan fingerprint density at radius 3 is 2.74 bits per heavy atom. The second kappa shape index (κ2) is 4.52. The van der Waals surface area contributed by atoms with Gasteiger partial charge in [0.05, 0.1) is 13.2 Å². The molecule has 0 unspecified atom stereocenters. The minimum Gasteiger partial charge on any atom is -0.398 e. The van der Waals surface area contributed by atoms with E-state index < -0.39 is 0 Å². The van der Waals surface area contributed by atoms with E-state index in [0.29, 0.717) is 30.0 Å². The third-order valence-electron chi connectivity index (χ3n) is 3.44. The van der Waals surface area contributed by atoms with Crippen LogP contribution in [0, 0.1) is 6.92 Å². The number of hydrogen-bond donors (Lipinski definition) is 1. The van der Waals surface area contributed by atoms with Gasteiger partial charge in [-0.2, -0.15) is 0 Å². The maximum Gasteiger partial charge on any atom is 0.195 e. The summed E-state index contributed by atoms with van der Waals surface area (Å²) < 4.78 is 5.36. The zero-order chi connectivity index (χ0) is 13.4. The summed E-state index contributed by atoms with van der Waals surface area (Å²) in [5.41, 5.74) is 10.9. The predicted molar refractivity (Wildman–Crippen MR) is 74.0 cm³/mol. The van der Waals surface area contributed by atoms with Crippen LogP contribution in [-0.4, -0.2) is 5.78 Å². The van der Waals surface area contributed by atoms with Crippen molar-refractivity contribution >= 4 is 11.5 Å². The SMILES string of the molecule is Cc1ccc(N)c(C(=O)c2ccc3c(c2)COC3)c1. The summed E-state index contributed by atoms with van der Waals surface area (Å²) in [6, 6.07) is 11.2. The lowest BCUT2D eigenvalue weighted by molar-refractivity contribution is 0.103. The van der Waals surface area contributed by atoms with E-state index in [1.165, 1.54) is 0 Å². The van der Waals surface area contributed by atoms with Crippen LogP contribution < -0.4 is 5.73 Å². The van der Waals surface area contributed by atoms with Crippen molar-refractivity contribution in [3.8, 4) is 0 Å². The van der Waals surface area contributed by atoms with Gasteiger partial charge in [0.15, 0.2) is 5.78 Å². The third kappa shape index (κ3) is 2.13. The first-order valence-corrected chi connectivity index (χ1v) is 6.25. The standard InChI is InChI=1S/C16H15NO2/c1-10-2-5-15(17)14(6-10)16(18)11-3-4-12-8-19-9-13(12)7-11/h2-7H,8-9,17H2,1H3. The van der Waals surface area contributed by atoms with Crippen molar-refractivity contribution < 1.29 is 9.53 Å². The fraction of sp³-hybridized carbons (Fsp3) is 0.188. The minimum absolute atomic E-state index is 0.0316. The molecule has 0 aromatic heterocycles. The first-order chi connectivity index (χ1) is 9.15. The lowest BCUT2D eigenvalue weighted by Crippen LogP contribution is -2.06. The van der Waals surface area contributed by atoms with Crippen LogP contribution in [0.3, 0.4) is 0 Å². The molecule has 1 aliphatic heterocycles. The van der Waals surface area contributed by atoms with Crippen molar-refractivity contribution in [3.63, 3.8) is 0 Å². The highest BCUT2D eigenvalue weighted by Crippen LogP contribution is 2.24. The molecule has 0 fully saturated rings. The van der Waals surface area contributed by atoms with E-state index in [9.17, 15) is 4.79 Å². The third-order valence-corrected chi connectivity index (χ3v) is 3.44. The predicted octanol–water partition coefficient (Wildman–Crippen LogP) is 2.84. The molecule has 0 aliphatic carbocycles. The second-order valence-corrected chi connectivity index (χ2v) is 4.90. The fourth-order valence-electron chi connectivity index (χ4n) is 2.34. The largest absolute Gasteiger partial charge is 0.398 e. The summed E-state index contributed by atoms with van der Waals surface area (Å²) in [5.74, 6) is -0.0316. The first-order valence-electron chi connectivity index (χ1n) is 6.25. The van der Waals surface area contributed by atoms with Crippen molar-refractivity contribution in [2.24, 2.45) is 0 Å². The van der Waals surface area contributed by atoms with Crippen LogP contribution >= 0.6 is 0 Å². The molecule has 0 atom stereocenters. The van der Waals surface area contributed by atoms with Crippen molar-refractivity contribution in [1.29, 1.82) is 0 Å². The molecule has 0 saturated carbocycles. The van der Waals surface area contributed by atoms with Gasteiger partial charge in [-0.05, 0) is 36.2 Å². The number of carbonyl (C=O) groups is 1. The highest BCUT2D eigenvalue weighted by atomic mass is 16.5. The van der Waals surface area contributed by atoms with Gasteiger partial charge in [-0.15, -0.1) is 0 Å². The summed E-state index contributed by atoms with van der Waals surface area (Å²) in [4.78, 5) is 12.5. The monoisotopic (exact) mass is 253 g/mol. The zero-order valence-electron chi connectivity index (χ0n) is 10.8. The Labute approximate surface area is 112 Å². The Hall–Kier alpha value is -2.13. The Kier molecular flexibility index (Phi) is 2.84. The van der Waals surface area contributed by atoms with Crippen LogP contribution in [0.1, 0.15) is 32.6 Å². The van der Waals surface area contributed by atoms with Gasteiger partial charge < -0.3 is 10.5 Å². The average molecular weight is 253 g/mol. The number of nitrogens with two attached hydrogens (primary N) is 1. The number of benzene rings is 2. The van der Waals surface area contributed by atoms with E-state index in [1.54, 1.807) is 6.07 Å². The van der Waals surface area contributed by atoms with Crippen LogP contribution in [0.4, 0.5) is 5.69 Å². The molecule has 19 heavy (non-hydrogen) atoms. The molecule has 3 heteroatoms. The van der Waals surface area contributed by atoms with E-state index in [0.717, 1.165) is 16.7 Å². The molecular formula is C16H15NO2. The average Bonchev–Trinajstić information content (AvgIpc) is 2.88. The fourth-order valence-corrected chi connectivity index (χ4v) is 2.34. The van der Waals surface area contributed by atoms with E-state index >= 15 is 0 Å². The number of rotatable bonds is 2. The molecule has 2 aromatic rings. The maximum atomic E-state index is 12.5. The van der Waals surface area contributed by atoms with Gasteiger partial charge in [-0.1, -0.05) is 23.8 Å². The molecule has 3 rings (SSSR count). The van der Waals surface area contributed by atoms with Crippen LogP contribution in [-0.2, 0) is 18.0 Å². The summed E-state index contributed by atoms with van der Waals surface area (Å²) in [6.07, 6.45) is 0. The molecule has 3 nitrogen and oxygen atoms in total. The van der Waals surface area contributed by atoms with Crippen molar-refractivity contribution in [1.82, 2.24) is 0 Å². The van der Waals surface area contributed by atoms with E-state index in [4.69, 9.17) is 10.5 Å². The van der Waals surface area contributed by atoms with Gasteiger partial charge in [0, 0.05) is 16.8 Å². The van der Waals surface area contributed by atoms with Gasteiger partial charge in [0.1, 0.15) is 0 Å². The molecule has 0 saturated heterocycles. The van der Waals surface area contributed by atoms with Crippen LogP contribution in [0.5, 0.6) is 0 Å². The molecule has 0 spiro atoms. The Bertz CT molecular complexity index is 662. The van der Waals surface area contributed by atoms with Gasteiger partial charge >= 0.3 is 0 Å². The Morgan fingerprint density at radius 1 is 1.11 bits per heavy atom. The number of ketones is 1. The molecule has 0 amide bonds. The molecule has 0 radical (unpaired) electrons. The molecular weight excluding hydrogens is 238 g/mol. The first kappa shape index (κ1) is 11.9. The summed E-state index contributed by atoms with van der Waals surface area (Å²) >= 11 is 0. The molecule has 96 valence electrons. The summed E-state index contributed by atoms with van der Waals surface area (Å²) in [6.45, 7) is 3.17. The van der Waals surface area contributed by atoms with Gasteiger partial charge in [0.2, 0.25) is 0 Å². The molecule has 1 heterocycles. The zero-order valence-corrected chi connectivity index (χ0v) is 10.8. The number of aryl methyl sites for hydroxylation is 1. The number of ether oxygens (including phenoxy) is 1. The van der Waals surface area contributed by atoms with Crippen molar-refractivity contribution in [2.75, 3.05) is 5.73 Å². The molecule has 2 aromatic carbocycles. The number of carbonyl (C=O) groups excluding carboxylic acids is 1. The summed E-state index contributed by atoms with van der Waals surface area (Å²) in [5, 5.41) is 0. The van der Waals surface area contributed by atoms with Crippen LogP contribution in [0.25, 0.3) is 0 Å². The normalized spacial score (nSPS) is 13.3. The van der Waals surface area contributed by atoms with E-state index in [-0.39, 0.29) is 5.78 Å². The number of hydrogen-bond acceptors (Lipinski definition) is 3. The van der Waals surface area contributed by atoms with Gasteiger partial charge in [0.25, 0.3) is 0 Å². The second-order valence-electron chi connectivity index (χ2n) is 4.90. The quantitative estimate of drug-likeness (QED) is 0.661. The van der Waals surface area contributed by atoms with Crippen molar-refractivity contribution in [3.05, 3.63) is 64.2 Å². The lowest BCUT2D eigenvalue weighted by atomic mass is 9.97. The Balaban J connectivity index is 2.02. The molecule has 2 N–H and O–H groups in total. The number of anilines is 1. The lowest BCUT2D eigenvalue weighted by Gasteiger charge is -2.07. The van der Waals surface area contributed by atoms with Gasteiger partial charge in [-0.3, -0.25) is 4.79 Å². The highest BCUT2D eigenvalue weighted by molar-refractivity contribution is 6.12. The van der Waals surface area contributed by atoms with Crippen molar-refractivity contribution in [2.45, 2.75) is 20.1 Å². The van der Waals surface area contributed by atoms with E-state index in [1.807, 2.05) is 37.3 Å².